The van der Waals surface area contributed by atoms with E-state index >= 15 is 0 Å². The second-order valence-electron chi connectivity index (χ2n) is 5.64. The number of carbonyl (C=O) groups is 2. The summed E-state index contributed by atoms with van der Waals surface area (Å²) >= 11 is 12.2. The van der Waals surface area contributed by atoms with Crippen LogP contribution in [-0.4, -0.2) is 23.9 Å². The molecule has 1 aliphatic heterocycles. The molecule has 0 atom stereocenters. The number of anilines is 1. The van der Waals surface area contributed by atoms with Gasteiger partial charge in [-0.05, 0) is 31.0 Å². The Morgan fingerprint density at radius 3 is 2.57 bits per heavy atom. The largest absolute Gasteiger partial charge is 0.342 e. The standard InChI is InChI=1S/C15H16Cl2N2O2/c16-10-3-4-11(17)12(9-10)19-8-5-13(20)18-15(14(19)21)6-1-2-7-15/h3-4,9H,1-2,5-8H2,(H,18,20). The highest BCUT2D eigenvalue weighted by atomic mass is 35.5. The molecule has 1 aliphatic carbocycles. The number of amides is 2. The molecule has 2 fully saturated rings. The van der Waals surface area contributed by atoms with Crippen LogP contribution in [0, 0.1) is 0 Å². The number of nitrogens with zero attached hydrogens (tertiary/aromatic N) is 1. The summed E-state index contributed by atoms with van der Waals surface area (Å²) in [5.41, 5.74) is -0.184. The summed E-state index contributed by atoms with van der Waals surface area (Å²) in [6.07, 6.45) is 3.54. The van der Waals surface area contributed by atoms with Crippen molar-refractivity contribution in [2.24, 2.45) is 0 Å². The molecule has 4 nitrogen and oxygen atoms in total. The van der Waals surface area contributed by atoms with E-state index in [4.69, 9.17) is 23.2 Å². The number of rotatable bonds is 1. The van der Waals surface area contributed by atoms with E-state index in [0.717, 1.165) is 12.8 Å². The summed E-state index contributed by atoms with van der Waals surface area (Å²) in [6, 6.07) is 5.04. The van der Waals surface area contributed by atoms with Gasteiger partial charge in [-0.2, -0.15) is 0 Å². The third-order valence-corrected chi connectivity index (χ3v) is 4.81. The predicted molar refractivity (Wildman–Crippen MR) is 82.8 cm³/mol. The van der Waals surface area contributed by atoms with E-state index in [2.05, 4.69) is 5.32 Å². The number of hydrogen-bond acceptors (Lipinski definition) is 2. The molecule has 2 aliphatic rings. The molecule has 0 bridgehead atoms. The molecule has 0 aromatic heterocycles. The molecule has 0 radical (unpaired) electrons. The normalized spacial score (nSPS) is 21.5. The van der Waals surface area contributed by atoms with E-state index in [1.54, 1.807) is 23.1 Å². The van der Waals surface area contributed by atoms with Crippen molar-refractivity contribution in [3.8, 4) is 0 Å². The van der Waals surface area contributed by atoms with Crippen LogP contribution in [0.2, 0.25) is 10.0 Å². The van der Waals surface area contributed by atoms with Gasteiger partial charge in [0, 0.05) is 18.0 Å². The van der Waals surface area contributed by atoms with Crippen LogP contribution in [0.4, 0.5) is 5.69 Å². The van der Waals surface area contributed by atoms with Crippen molar-refractivity contribution in [1.82, 2.24) is 5.32 Å². The Hall–Kier alpha value is -1.26. The Morgan fingerprint density at radius 2 is 1.86 bits per heavy atom. The van der Waals surface area contributed by atoms with Crippen LogP contribution in [0.25, 0.3) is 0 Å². The van der Waals surface area contributed by atoms with Gasteiger partial charge in [0.15, 0.2) is 0 Å². The second-order valence-corrected chi connectivity index (χ2v) is 6.48. The first kappa shape index (κ1) is 14.7. The van der Waals surface area contributed by atoms with Gasteiger partial charge in [0.2, 0.25) is 5.91 Å². The fourth-order valence-electron chi connectivity index (χ4n) is 3.20. The van der Waals surface area contributed by atoms with Crippen LogP contribution in [0.1, 0.15) is 32.1 Å². The van der Waals surface area contributed by atoms with Crippen LogP contribution in [-0.2, 0) is 9.59 Å². The van der Waals surface area contributed by atoms with Crippen LogP contribution in [0.15, 0.2) is 18.2 Å². The van der Waals surface area contributed by atoms with Crippen molar-refractivity contribution >= 4 is 40.7 Å². The fraction of sp³-hybridized carbons (Fsp3) is 0.467. The van der Waals surface area contributed by atoms with Gasteiger partial charge in [0.05, 0.1) is 10.7 Å². The molecule has 1 saturated heterocycles. The summed E-state index contributed by atoms with van der Waals surface area (Å²) < 4.78 is 0. The lowest BCUT2D eigenvalue weighted by molar-refractivity contribution is -0.129. The van der Waals surface area contributed by atoms with E-state index < -0.39 is 5.54 Å². The van der Waals surface area contributed by atoms with E-state index in [1.807, 2.05) is 0 Å². The molecular formula is C15H16Cl2N2O2. The molecule has 1 heterocycles. The van der Waals surface area contributed by atoms with E-state index in [-0.39, 0.29) is 18.2 Å². The van der Waals surface area contributed by atoms with Crippen LogP contribution >= 0.6 is 23.2 Å². The highest BCUT2D eigenvalue weighted by Crippen LogP contribution is 2.37. The Labute approximate surface area is 133 Å². The number of nitrogens with one attached hydrogen (secondary N) is 1. The number of halogens is 2. The monoisotopic (exact) mass is 326 g/mol. The second kappa shape index (κ2) is 5.50. The lowest BCUT2D eigenvalue weighted by atomic mass is 9.95. The van der Waals surface area contributed by atoms with Crippen LogP contribution in [0.5, 0.6) is 0 Å². The van der Waals surface area contributed by atoms with Crippen LogP contribution < -0.4 is 10.2 Å². The Kier molecular flexibility index (Phi) is 3.84. The van der Waals surface area contributed by atoms with E-state index in [9.17, 15) is 9.59 Å². The van der Waals surface area contributed by atoms with Gasteiger partial charge < -0.3 is 10.2 Å². The summed E-state index contributed by atoms with van der Waals surface area (Å²) in [4.78, 5) is 26.6. The average Bonchev–Trinajstić information content (AvgIpc) is 2.87. The van der Waals surface area contributed by atoms with Gasteiger partial charge in [-0.15, -0.1) is 0 Å². The SMILES string of the molecule is O=C1CCN(c2cc(Cl)ccc2Cl)C(=O)C2(CCCC2)N1. The molecule has 1 N–H and O–H groups in total. The maximum absolute atomic E-state index is 13.0. The molecule has 2 amide bonds. The van der Waals surface area contributed by atoms with E-state index in [0.29, 0.717) is 35.1 Å². The molecule has 0 unspecified atom stereocenters. The lowest BCUT2D eigenvalue weighted by Crippen LogP contribution is -2.55. The van der Waals surface area contributed by atoms with Gasteiger partial charge >= 0.3 is 0 Å². The Morgan fingerprint density at radius 1 is 1.14 bits per heavy atom. The van der Waals surface area contributed by atoms with Crippen molar-refractivity contribution in [3.05, 3.63) is 28.2 Å². The van der Waals surface area contributed by atoms with Crippen molar-refractivity contribution in [2.75, 3.05) is 11.4 Å². The molecule has 1 saturated carbocycles. The molecular weight excluding hydrogens is 311 g/mol. The van der Waals surface area contributed by atoms with E-state index in [1.165, 1.54) is 0 Å². The summed E-state index contributed by atoms with van der Waals surface area (Å²) in [5.74, 6) is -0.152. The highest BCUT2D eigenvalue weighted by molar-refractivity contribution is 6.36. The van der Waals surface area contributed by atoms with Gasteiger partial charge in [-0.1, -0.05) is 36.0 Å². The molecule has 1 aromatic rings. The summed E-state index contributed by atoms with van der Waals surface area (Å²) in [7, 11) is 0. The minimum absolute atomic E-state index is 0.0741. The maximum atomic E-state index is 13.0. The highest BCUT2D eigenvalue weighted by Gasteiger charge is 2.47. The topological polar surface area (TPSA) is 49.4 Å². The fourth-order valence-corrected chi connectivity index (χ4v) is 3.58. The summed E-state index contributed by atoms with van der Waals surface area (Å²) in [5, 5.41) is 3.92. The Balaban J connectivity index is 2.02. The minimum Gasteiger partial charge on any atom is -0.342 e. The van der Waals surface area contributed by atoms with Gasteiger partial charge in [-0.3, -0.25) is 9.59 Å². The zero-order valence-corrected chi connectivity index (χ0v) is 13.0. The summed E-state index contributed by atoms with van der Waals surface area (Å²) in [6.45, 7) is 0.326. The van der Waals surface area contributed by atoms with Gasteiger partial charge in [0.1, 0.15) is 5.54 Å². The van der Waals surface area contributed by atoms with Gasteiger partial charge in [0.25, 0.3) is 5.91 Å². The predicted octanol–water partition coefficient (Wildman–Crippen LogP) is 3.16. The maximum Gasteiger partial charge on any atom is 0.252 e. The first-order valence-corrected chi connectivity index (χ1v) is 7.85. The molecule has 1 aromatic carbocycles. The van der Waals surface area contributed by atoms with Crippen LogP contribution in [0.3, 0.4) is 0 Å². The number of carbonyl (C=O) groups excluding carboxylic acids is 2. The molecule has 21 heavy (non-hydrogen) atoms. The first-order chi connectivity index (χ1) is 10.0. The van der Waals surface area contributed by atoms with Gasteiger partial charge in [-0.25, -0.2) is 0 Å². The number of hydrogen-bond donors (Lipinski definition) is 1. The molecule has 1 spiro atoms. The zero-order chi connectivity index (χ0) is 15.0. The molecule has 112 valence electrons. The molecule has 6 heteroatoms. The van der Waals surface area contributed by atoms with Crippen molar-refractivity contribution in [3.63, 3.8) is 0 Å². The zero-order valence-electron chi connectivity index (χ0n) is 11.5. The third-order valence-electron chi connectivity index (χ3n) is 4.25. The third kappa shape index (κ3) is 2.62. The quantitative estimate of drug-likeness (QED) is 0.861. The average molecular weight is 327 g/mol. The first-order valence-electron chi connectivity index (χ1n) is 7.10. The van der Waals surface area contributed by atoms with Crippen molar-refractivity contribution in [1.29, 1.82) is 0 Å². The van der Waals surface area contributed by atoms with Crippen molar-refractivity contribution < 1.29 is 9.59 Å². The molecule has 3 rings (SSSR count). The van der Waals surface area contributed by atoms with Crippen molar-refractivity contribution in [2.45, 2.75) is 37.6 Å². The lowest BCUT2D eigenvalue weighted by Gasteiger charge is -2.32. The smallest absolute Gasteiger partial charge is 0.252 e. The minimum atomic E-state index is -0.765. The number of benzene rings is 1. The Bertz CT molecular complexity index is 597.